The van der Waals surface area contributed by atoms with Gasteiger partial charge in [-0.25, -0.2) is 9.40 Å². The zero-order valence-corrected chi connectivity index (χ0v) is 20.6. The first kappa shape index (κ1) is 23.7. The van der Waals surface area contributed by atoms with Crippen molar-refractivity contribution in [1.29, 1.82) is 0 Å². The molecule has 35 heavy (non-hydrogen) atoms. The monoisotopic (exact) mass is 492 g/mol. The molecular formula is C26H29FN6OS. The predicted octanol–water partition coefficient (Wildman–Crippen LogP) is 4.68. The summed E-state index contributed by atoms with van der Waals surface area (Å²) >= 11 is 1.34. The van der Waals surface area contributed by atoms with E-state index in [1.54, 1.807) is 17.1 Å². The number of aromatic nitrogens is 3. The van der Waals surface area contributed by atoms with Gasteiger partial charge in [0.05, 0.1) is 24.1 Å². The summed E-state index contributed by atoms with van der Waals surface area (Å²) in [6, 6.07) is 16.3. The highest BCUT2D eigenvalue weighted by molar-refractivity contribution is 7.99. The maximum atomic E-state index is 13.6. The number of carbonyl (C=O) groups excluding carboxylic acids is 1. The lowest BCUT2D eigenvalue weighted by Gasteiger charge is -2.31. The van der Waals surface area contributed by atoms with Crippen LogP contribution in [0.3, 0.4) is 0 Å². The summed E-state index contributed by atoms with van der Waals surface area (Å²) in [7, 11) is 0. The molecule has 0 aliphatic carbocycles. The maximum absolute atomic E-state index is 13.6. The summed E-state index contributed by atoms with van der Waals surface area (Å²) in [6.07, 6.45) is 4.34. The van der Waals surface area contributed by atoms with Crippen LogP contribution in [0, 0.1) is 5.82 Å². The fraction of sp³-hybridized carbons (Fsp3) is 0.385. The summed E-state index contributed by atoms with van der Waals surface area (Å²) in [6.45, 7) is 4.76. The largest absolute Gasteiger partial charge is 0.294 e. The Morgan fingerprint density at radius 3 is 2.49 bits per heavy atom. The van der Waals surface area contributed by atoms with Gasteiger partial charge in [0, 0.05) is 12.1 Å². The molecule has 0 N–H and O–H groups in total. The van der Waals surface area contributed by atoms with E-state index in [1.807, 2.05) is 34.9 Å². The third-order valence-electron chi connectivity index (χ3n) is 6.58. The number of piperidine rings is 1. The van der Waals surface area contributed by atoms with E-state index in [-0.39, 0.29) is 23.5 Å². The third-order valence-corrected chi connectivity index (χ3v) is 7.49. The minimum Gasteiger partial charge on any atom is -0.294 e. The van der Waals surface area contributed by atoms with Gasteiger partial charge < -0.3 is 0 Å². The minimum atomic E-state index is -0.294. The molecule has 3 aromatic rings. The fourth-order valence-corrected chi connectivity index (χ4v) is 5.45. The van der Waals surface area contributed by atoms with Gasteiger partial charge in [0.15, 0.2) is 11.0 Å². The molecule has 3 heterocycles. The summed E-state index contributed by atoms with van der Waals surface area (Å²) in [5, 5.41) is 15.7. The minimum absolute atomic E-state index is 0.0644. The van der Waals surface area contributed by atoms with E-state index in [1.165, 1.54) is 43.2 Å². The van der Waals surface area contributed by atoms with E-state index in [0.29, 0.717) is 11.7 Å². The molecule has 1 saturated heterocycles. The van der Waals surface area contributed by atoms with Crippen LogP contribution in [0.15, 0.2) is 64.9 Å². The van der Waals surface area contributed by atoms with Gasteiger partial charge in [-0.1, -0.05) is 48.5 Å². The molecule has 2 aromatic carbocycles. The van der Waals surface area contributed by atoms with Crippen LogP contribution in [0.4, 0.5) is 4.39 Å². The van der Waals surface area contributed by atoms with E-state index < -0.39 is 0 Å². The lowest BCUT2D eigenvalue weighted by molar-refractivity contribution is -0.127. The Bertz CT molecular complexity index is 1190. The van der Waals surface area contributed by atoms with Crippen molar-refractivity contribution in [2.24, 2.45) is 5.10 Å². The van der Waals surface area contributed by atoms with E-state index >= 15 is 0 Å². The molecule has 0 saturated carbocycles. The average Bonchev–Trinajstić information content (AvgIpc) is 3.56. The molecule has 0 unspecified atom stereocenters. The van der Waals surface area contributed by atoms with Crippen molar-refractivity contribution in [3.8, 4) is 5.69 Å². The maximum Gasteiger partial charge on any atom is 0.253 e. The van der Waals surface area contributed by atoms with Crippen LogP contribution in [-0.4, -0.2) is 61.7 Å². The Kier molecular flexibility index (Phi) is 7.24. The number of hydrogen-bond acceptors (Lipinski definition) is 6. The topological polar surface area (TPSA) is 66.6 Å². The lowest BCUT2D eigenvalue weighted by atomic mass is 10.1. The highest BCUT2D eigenvalue weighted by atomic mass is 32.2. The zero-order chi connectivity index (χ0) is 24.2. The molecule has 0 radical (unpaired) electrons. The molecule has 5 rings (SSSR count). The summed E-state index contributed by atoms with van der Waals surface area (Å²) in [5.41, 5.74) is 2.76. The quantitative estimate of drug-likeness (QED) is 0.448. The highest BCUT2D eigenvalue weighted by Crippen LogP contribution is 2.30. The molecule has 2 aliphatic heterocycles. The first-order valence-corrected chi connectivity index (χ1v) is 13.1. The van der Waals surface area contributed by atoms with Gasteiger partial charge in [-0.15, -0.1) is 10.2 Å². The van der Waals surface area contributed by atoms with Crippen molar-refractivity contribution >= 4 is 23.4 Å². The molecule has 1 atom stereocenters. The SMILES string of the molecule is C[C@@H](c1nnc(SCC(=O)N2CCC(c3ccccc3)=N2)n1-c1ccc(F)cc1)N1CCCCC1. The number of nitrogens with zero attached hydrogens (tertiary/aromatic N) is 6. The van der Waals surface area contributed by atoms with Crippen LogP contribution in [-0.2, 0) is 4.79 Å². The Labute approximate surface area is 209 Å². The zero-order valence-electron chi connectivity index (χ0n) is 19.8. The van der Waals surface area contributed by atoms with Gasteiger partial charge in [0.1, 0.15) is 5.82 Å². The van der Waals surface area contributed by atoms with Crippen LogP contribution >= 0.6 is 11.8 Å². The number of hydrogen-bond donors (Lipinski definition) is 0. The number of likely N-dealkylation sites (tertiary alicyclic amines) is 1. The smallest absolute Gasteiger partial charge is 0.253 e. The Morgan fingerprint density at radius 2 is 1.74 bits per heavy atom. The summed E-state index contributed by atoms with van der Waals surface area (Å²) in [5.74, 6) is 0.639. The van der Waals surface area contributed by atoms with E-state index in [2.05, 4.69) is 27.1 Å². The molecule has 182 valence electrons. The number of hydrazone groups is 1. The van der Waals surface area contributed by atoms with Gasteiger partial charge in [0.2, 0.25) is 0 Å². The van der Waals surface area contributed by atoms with Crippen molar-refractivity contribution < 1.29 is 9.18 Å². The second-order valence-corrected chi connectivity index (χ2v) is 9.84. The molecule has 1 amide bonds. The van der Waals surface area contributed by atoms with Crippen molar-refractivity contribution in [3.05, 3.63) is 71.8 Å². The van der Waals surface area contributed by atoms with Crippen molar-refractivity contribution in [2.45, 2.75) is 43.8 Å². The first-order chi connectivity index (χ1) is 17.1. The van der Waals surface area contributed by atoms with Crippen LogP contribution < -0.4 is 0 Å². The van der Waals surface area contributed by atoms with E-state index in [9.17, 15) is 9.18 Å². The number of thioether (sulfide) groups is 1. The van der Waals surface area contributed by atoms with Crippen molar-refractivity contribution in [1.82, 2.24) is 24.7 Å². The normalized spacial score (nSPS) is 17.4. The van der Waals surface area contributed by atoms with Gasteiger partial charge >= 0.3 is 0 Å². The molecule has 0 spiro atoms. The van der Waals surface area contributed by atoms with Gasteiger partial charge in [-0.05, 0) is 62.7 Å². The van der Waals surface area contributed by atoms with Crippen molar-refractivity contribution in [3.63, 3.8) is 0 Å². The molecule has 1 fully saturated rings. The third kappa shape index (κ3) is 5.31. The Hall–Kier alpha value is -3.04. The first-order valence-electron chi connectivity index (χ1n) is 12.1. The molecular weight excluding hydrogens is 463 g/mol. The molecule has 2 aliphatic rings. The van der Waals surface area contributed by atoms with Gasteiger partial charge in [-0.3, -0.25) is 14.3 Å². The van der Waals surface area contributed by atoms with Gasteiger partial charge in [-0.2, -0.15) is 5.10 Å². The highest BCUT2D eigenvalue weighted by Gasteiger charge is 2.27. The molecule has 7 nitrogen and oxygen atoms in total. The number of rotatable bonds is 7. The fourth-order valence-electron chi connectivity index (χ4n) is 4.62. The van der Waals surface area contributed by atoms with Crippen LogP contribution in [0.2, 0.25) is 0 Å². The molecule has 9 heteroatoms. The Morgan fingerprint density at radius 1 is 1.00 bits per heavy atom. The van der Waals surface area contributed by atoms with Crippen molar-refractivity contribution in [2.75, 3.05) is 25.4 Å². The van der Waals surface area contributed by atoms with Crippen LogP contribution in [0.5, 0.6) is 0 Å². The Balaban J connectivity index is 1.34. The number of amides is 1. The van der Waals surface area contributed by atoms with Crippen LogP contribution in [0.1, 0.15) is 50.0 Å². The average molecular weight is 493 g/mol. The van der Waals surface area contributed by atoms with Gasteiger partial charge in [0.25, 0.3) is 5.91 Å². The van der Waals surface area contributed by atoms with E-state index in [4.69, 9.17) is 0 Å². The van der Waals surface area contributed by atoms with Crippen LogP contribution in [0.25, 0.3) is 5.69 Å². The number of carbonyl (C=O) groups is 1. The number of halogens is 1. The summed E-state index contributed by atoms with van der Waals surface area (Å²) in [4.78, 5) is 15.4. The molecule has 1 aromatic heterocycles. The molecule has 0 bridgehead atoms. The van der Waals surface area contributed by atoms with E-state index in [0.717, 1.165) is 42.3 Å². The standard InChI is InChI=1S/C26H29FN6OS/c1-19(31-15-6-3-7-16-31)25-28-29-26(33(25)22-12-10-21(27)11-13-22)35-18-24(34)32-17-14-23(30-32)20-8-4-2-5-9-20/h2,4-5,8-13,19H,3,6-7,14-18H2,1H3/t19-/m0/s1. The second-order valence-electron chi connectivity index (χ2n) is 8.89. The lowest BCUT2D eigenvalue weighted by Crippen LogP contribution is -2.33. The second kappa shape index (κ2) is 10.7. The number of benzene rings is 2. The predicted molar refractivity (Wildman–Crippen MR) is 135 cm³/mol. The summed E-state index contributed by atoms with van der Waals surface area (Å²) < 4.78 is 15.6.